The van der Waals surface area contributed by atoms with E-state index < -0.39 is 0 Å². The van der Waals surface area contributed by atoms with Gasteiger partial charge in [0.1, 0.15) is 5.75 Å². The van der Waals surface area contributed by atoms with E-state index in [1.807, 2.05) is 54.6 Å². The molecule has 23 heavy (non-hydrogen) atoms. The fraction of sp³-hybridized carbons (Fsp3) is 0.286. The van der Waals surface area contributed by atoms with E-state index in [0.717, 1.165) is 47.5 Å². The first-order chi connectivity index (χ1) is 11.3. The van der Waals surface area contributed by atoms with Crippen molar-refractivity contribution in [2.75, 3.05) is 6.61 Å². The van der Waals surface area contributed by atoms with Crippen molar-refractivity contribution in [3.05, 3.63) is 70.8 Å². The highest BCUT2D eigenvalue weighted by molar-refractivity contribution is 6.15. The van der Waals surface area contributed by atoms with Gasteiger partial charge in [0, 0.05) is 17.6 Å². The molecule has 1 aliphatic carbocycles. The van der Waals surface area contributed by atoms with Gasteiger partial charge in [-0.2, -0.15) is 0 Å². The van der Waals surface area contributed by atoms with Crippen LogP contribution in [0.5, 0.6) is 5.75 Å². The molecule has 0 heterocycles. The topological polar surface area (TPSA) is 26.3 Å². The lowest BCUT2D eigenvalue weighted by Crippen LogP contribution is -1.97. The Labute approximate surface area is 137 Å². The van der Waals surface area contributed by atoms with E-state index in [-0.39, 0.29) is 5.78 Å². The van der Waals surface area contributed by atoms with Gasteiger partial charge < -0.3 is 4.74 Å². The summed E-state index contributed by atoms with van der Waals surface area (Å²) in [5.74, 6) is 1.05. The number of rotatable bonds is 6. The Hall–Kier alpha value is -2.35. The molecular formula is C21H22O2. The molecule has 0 unspecified atom stereocenters. The van der Waals surface area contributed by atoms with Gasteiger partial charge in [0.25, 0.3) is 0 Å². The molecule has 0 saturated heterocycles. The van der Waals surface area contributed by atoms with Crippen LogP contribution in [-0.2, 0) is 6.42 Å². The second-order valence-corrected chi connectivity index (χ2v) is 5.96. The Balaban J connectivity index is 1.66. The fourth-order valence-corrected chi connectivity index (χ4v) is 2.87. The molecule has 0 radical (unpaired) electrons. The highest BCUT2D eigenvalue weighted by atomic mass is 16.5. The van der Waals surface area contributed by atoms with Crippen LogP contribution in [0.25, 0.3) is 6.08 Å². The predicted molar refractivity (Wildman–Crippen MR) is 93.9 cm³/mol. The number of ketones is 1. The van der Waals surface area contributed by atoms with Crippen molar-refractivity contribution < 1.29 is 9.53 Å². The number of benzene rings is 2. The van der Waals surface area contributed by atoms with Crippen LogP contribution < -0.4 is 4.74 Å². The molecule has 2 nitrogen and oxygen atoms in total. The summed E-state index contributed by atoms with van der Waals surface area (Å²) in [6, 6.07) is 15.8. The number of hydrogen-bond acceptors (Lipinski definition) is 2. The summed E-state index contributed by atoms with van der Waals surface area (Å²) in [7, 11) is 0. The lowest BCUT2D eigenvalue weighted by Gasteiger charge is -2.06. The Bertz CT molecular complexity index is 711. The van der Waals surface area contributed by atoms with Crippen LogP contribution in [0.15, 0.2) is 54.1 Å². The summed E-state index contributed by atoms with van der Waals surface area (Å²) in [6.07, 6.45) is 6.21. The minimum Gasteiger partial charge on any atom is -0.494 e. The predicted octanol–water partition coefficient (Wildman–Crippen LogP) is 5.08. The quantitative estimate of drug-likeness (QED) is 0.549. The maximum Gasteiger partial charge on any atom is 0.189 e. The Morgan fingerprint density at radius 2 is 1.83 bits per heavy atom. The molecule has 2 aromatic rings. The highest BCUT2D eigenvalue weighted by Gasteiger charge is 2.23. The SMILES string of the molecule is CCCCCOc1ccc(/C=C2\Cc3ccccc3C2=O)cc1. The molecule has 0 bridgehead atoms. The molecule has 0 atom stereocenters. The van der Waals surface area contributed by atoms with E-state index in [0.29, 0.717) is 0 Å². The van der Waals surface area contributed by atoms with Gasteiger partial charge in [0.05, 0.1) is 6.61 Å². The smallest absolute Gasteiger partial charge is 0.189 e. The molecule has 2 heteroatoms. The van der Waals surface area contributed by atoms with Gasteiger partial charge in [0.15, 0.2) is 5.78 Å². The lowest BCUT2D eigenvalue weighted by atomic mass is 10.1. The molecule has 2 aromatic carbocycles. The first-order valence-electron chi connectivity index (χ1n) is 8.34. The van der Waals surface area contributed by atoms with Crippen molar-refractivity contribution in [1.82, 2.24) is 0 Å². The summed E-state index contributed by atoms with van der Waals surface area (Å²) in [5.41, 5.74) is 3.87. The lowest BCUT2D eigenvalue weighted by molar-refractivity contribution is 0.104. The van der Waals surface area contributed by atoms with Crippen molar-refractivity contribution in [1.29, 1.82) is 0 Å². The van der Waals surface area contributed by atoms with Gasteiger partial charge >= 0.3 is 0 Å². The number of carbonyl (C=O) groups excluding carboxylic acids is 1. The number of fused-ring (bicyclic) bond motifs is 1. The van der Waals surface area contributed by atoms with Crippen LogP contribution >= 0.6 is 0 Å². The number of ether oxygens (including phenoxy) is 1. The van der Waals surface area contributed by atoms with Crippen LogP contribution in [-0.4, -0.2) is 12.4 Å². The normalized spacial score (nSPS) is 15.0. The van der Waals surface area contributed by atoms with Gasteiger partial charge in [0.2, 0.25) is 0 Å². The molecule has 0 fully saturated rings. The summed E-state index contributed by atoms with van der Waals surface area (Å²) >= 11 is 0. The second-order valence-electron chi connectivity index (χ2n) is 5.96. The number of carbonyl (C=O) groups is 1. The molecular weight excluding hydrogens is 284 g/mol. The molecule has 3 rings (SSSR count). The van der Waals surface area contributed by atoms with E-state index >= 15 is 0 Å². The zero-order valence-electron chi connectivity index (χ0n) is 13.5. The average Bonchev–Trinajstić information content (AvgIpc) is 2.90. The minimum atomic E-state index is 0.153. The fourth-order valence-electron chi connectivity index (χ4n) is 2.87. The summed E-state index contributed by atoms with van der Waals surface area (Å²) in [5, 5.41) is 0. The van der Waals surface area contributed by atoms with E-state index in [9.17, 15) is 4.79 Å². The summed E-state index contributed by atoms with van der Waals surface area (Å²) < 4.78 is 5.72. The zero-order valence-corrected chi connectivity index (χ0v) is 13.5. The third kappa shape index (κ3) is 3.70. The molecule has 118 valence electrons. The Morgan fingerprint density at radius 1 is 1.04 bits per heavy atom. The monoisotopic (exact) mass is 306 g/mol. The van der Waals surface area contributed by atoms with Crippen molar-refractivity contribution in [3.63, 3.8) is 0 Å². The average molecular weight is 306 g/mol. The number of unbranched alkanes of at least 4 members (excludes halogenated alkanes) is 2. The van der Waals surface area contributed by atoms with Crippen LogP contribution in [0.2, 0.25) is 0 Å². The highest BCUT2D eigenvalue weighted by Crippen LogP contribution is 2.27. The molecule has 0 amide bonds. The second kappa shape index (κ2) is 7.28. The maximum absolute atomic E-state index is 12.4. The first-order valence-corrected chi connectivity index (χ1v) is 8.34. The van der Waals surface area contributed by atoms with Crippen LogP contribution in [0.1, 0.15) is 47.7 Å². The standard InChI is InChI=1S/C21H22O2/c1-2-3-6-13-23-19-11-9-16(10-12-19)14-18-15-17-7-4-5-8-20(17)21(18)22/h4-5,7-12,14H,2-3,6,13,15H2,1H3/b18-14+. The van der Waals surface area contributed by atoms with E-state index in [1.165, 1.54) is 12.8 Å². The van der Waals surface area contributed by atoms with Gasteiger partial charge in [-0.25, -0.2) is 0 Å². The van der Waals surface area contributed by atoms with Gasteiger partial charge in [-0.05, 0) is 35.8 Å². The van der Waals surface area contributed by atoms with Gasteiger partial charge in [-0.1, -0.05) is 56.2 Å². The van der Waals surface area contributed by atoms with Crippen molar-refractivity contribution >= 4 is 11.9 Å². The largest absolute Gasteiger partial charge is 0.494 e. The van der Waals surface area contributed by atoms with Crippen LogP contribution in [0, 0.1) is 0 Å². The maximum atomic E-state index is 12.4. The van der Waals surface area contributed by atoms with E-state index in [2.05, 4.69) is 6.92 Å². The minimum absolute atomic E-state index is 0.153. The third-order valence-corrected chi connectivity index (χ3v) is 4.17. The molecule has 0 aromatic heterocycles. The zero-order chi connectivity index (χ0) is 16.1. The van der Waals surface area contributed by atoms with Crippen LogP contribution in [0.3, 0.4) is 0 Å². The van der Waals surface area contributed by atoms with Gasteiger partial charge in [-0.3, -0.25) is 4.79 Å². The molecule has 0 spiro atoms. The number of Topliss-reactive ketones (excluding diaryl/α,β-unsaturated/α-hetero) is 1. The van der Waals surface area contributed by atoms with E-state index in [1.54, 1.807) is 0 Å². The number of allylic oxidation sites excluding steroid dienone is 1. The summed E-state index contributed by atoms with van der Waals surface area (Å²) in [4.78, 5) is 12.4. The Morgan fingerprint density at radius 3 is 2.57 bits per heavy atom. The summed E-state index contributed by atoms with van der Waals surface area (Å²) in [6.45, 7) is 2.95. The molecule has 0 aliphatic heterocycles. The van der Waals surface area contributed by atoms with Gasteiger partial charge in [-0.15, -0.1) is 0 Å². The van der Waals surface area contributed by atoms with E-state index in [4.69, 9.17) is 4.74 Å². The Kier molecular flexibility index (Phi) is 4.92. The molecule has 0 saturated carbocycles. The van der Waals surface area contributed by atoms with Crippen molar-refractivity contribution in [2.45, 2.75) is 32.6 Å². The molecule has 0 N–H and O–H groups in total. The van der Waals surface area contributed by atoms with Crippen molar-refractivity contribution in [3.8, 4) is 5.75 Å². The number of hydrogen-bond donors (Lipinski definition) is 0. The first kappa shape index (κ1) is 15.5. The van der Waals surface area contributed by atoms with Crippen LogP contribution in [0.4, 0.5) is 0 Å². The third-order valence-electron chi connectivity index (χ3n) is 4.17. The molecule has 1 aliphatic rings. The van der Waals surface area contributed by atoms with Crippen molar-refractivity contribution in [2.24, 2.45) is 0 Å².